The summed E-state index contributed by atoms with van der Waals surface area (Å²) in [5.74, 6) is -10.7. The Bertz CT molecular complexity index is 1740. The maximum atomic E-state index is 15.8. The topological polar surface area (TPSA) is 126 Å². The molecule has 0 unspecified atom stereocenters. The van der Waals surface area contributed by atoms with Crippen molar-refractivity contribution in [2.75, 3.05) is 34.5 Å². The van der Waals surface area contributed by atoms with Crippen LogP contribution in [0.25, 0.3) is 21.5 Å². The van der Waals surface area contributed by atoms with Gasteiger partial charge in [-0.25, -0.2) is 26.3 Å². The molecule has 3 aromatic rings. The number of nitrogens with zero attached hydrogens (tertiary/aromatic N) is 6. The van der Waals surface area contributed by atoms with Crippen LogP contribution < -0.4 is 20.4 Å². The lowest BCUT2D eigenvalue weighted by atomic mass is 9.97. The number of nitriles is 4. The van der Waals surface area contributed by atoms with Gasteiger partial charge in [-0.2, -0.15) is 21.0 Å². The highest BCUT2D eigenvalue weighted by molar-refractivity contribution is 6.09. The smallest absolute Gasteiger partial charge is 0.170 e. The van der Waals surface area contributed by atoms with Gasteiger partial charge in [0.25, 0.3) is 0 Å². The van der Waals surface area contributed by atoms with Crippen molar-refractivity contribution in [2.24, 2.45) is 0 Å². The lowest BCUT2D eigenvalue weighted by molar-refractivity contribution is 0.574. The molecular weight excluding hydrogens is 514 g/mol. The summed E-state index contributed by atoms with van der Waals surface area (Å²) in [6.07, 6.45) is 0. The van der Waals surface area contributed by atoms with E-state index >= 15 is 26.3 Å². The van der Waals surface area contributed by atoms with Gasteiger partial charge in [0.1, 0.15) is 70.3 Å². The number of rotatable bonds is 0. The van der Waals surface area contributed by atoms with E-state index in [-0.39, 0.29) is 11.6 Å². The molecule has 3 aromatic carbocycles. The minimum atomic E-state index is -1.83. The van der Waals surface area contributed by atoms with E-state index in [0.29, 0.717) is 0 Å². The van der Waals surface area contributed by atoms with Crippen LogP contribution in [0.2, 0.25) is 0 Å². The standard InChI is InChI=1S/C24H8F6N8/c1-37-21-17(29)11-9(15(27)19(21)35-23(37)7(3-31)4-32)14(26)12-10(13(11)25)16(28)20-22(18(12)30)38(2)24(36-20)8(5-33)6-34/h35-36H,1-2H3. The molecule has 2 heterocycles. The molecule has 0 radical (unpaired) electrons. The summed E-state index contributed by atoms with van der Waals surface area (Å²) >= 11 is 0. The molecule has 2 N–H and O–H groups in total. The van der Waals surface area contributed by atoms with Crippen LogP contribution in [0.15, 0.2) is 22.8 Å². The fourth-order valence-corrected chi connectivity index (χ4v) is 4.64. The zero-order valence-corrected chi connectivity index (χ0v) is 19.0. The van der Waals surface area contributed by atoms with E-state index < -0.39 is 90.3 Å². The molecule has 38 heavy (non-hydrogen) atoms. The second-order valence-corrected chi connectivity index (χ2v) is 8.09. The summed E-state index contributed by atoms with van der Waals surface area (Å²) in [6.45, 7) is 0. The number of benzene rings is 3. The first-order chi connectivity index (χ1) is 18.0. The van der Waals surface area contributed by atoms with Crippen molar-refractivity contribution in [2.45, 2.75) is 0 Å². The van der Waals surface area contributed by atoms with E-state index in [1.54, 1.807) is 0 Å². The van der Waals surface area contributed by atoms with Crippen LogP contribution in [-0.4, -0.2) is 14.1 Å². The van der Waals surface area contributed by atoms with Crippen molar-refractivity contribution in [3.63, 3.8) is 0 Å². The molecular formula is C24H8F6N8. The Morgan fingerprint density at radius 1 is 0.526 bits per heavy atom. The zero-order chi connectivity index (χ0) is 27.8. The second-order valence-electron chi connectivity index (χ2n) is 8.09. The van der Waals surface area contributed by atoms with Gasteiger partial charge in [-0.15, -0.1) is 0 Å². The minimum Gasteiger partial charge on any atom is -0.336 e. The fraction of sp³-hybridized carbons (Fsp3) is 0.0833. The molecule has 0 atom stereocenters. The fourth-order valence-electron chi connectivity index (χ4n) is 4.64. The molecule has 5 rings (SSSR count). The minimum absolute atomic E-state index is 0.379. The lowest BCUT2D eigenvalue weighted by Gasteiger charge is -2.18. The first-order valence-corrected chi connectivity index (χ1v) is 10.3. The molecule has 0 saturated heterocycles. The second kappa shape index (κ2) is 7.95. The number of nitrogens with one attached hydrogen (secondary N) is 2. The van der Waals surface area contributed by atoms with Gasteiger partial charge < -0.3 is 20.4 Å². The molecule has 0 amide bonds. The number of hydrogen-bond acceptors (Lipinski definition) is 8. The number of allylic oxidation sites excluding steroid dienone is 2. The molecule has 14 heteroatoms. The molecule has 2 aliphatic heterocycles. The Morgan fingerprint density at radius 2 is 0.816 bits per heavy atom. The predicted octanol–water partition coefficient (Wildman–Crippen LogP) is 5.07. The number of anilines is 4. The Labute approximate surface area is 208 Å². The summed E-state index contributed by atoms with van der Waals surface area (Å²) in [5.41, 5.74) is -4.12. The largest absolute Gasteiger partial charge is 0.336 e. The van der Waals surface area contributed by atoms with Crippen molar-refractivity contribution in [3.8, 4) is 24.3 Å². The van der Waals surface area contributed by atoms with Gasteiger partial charge in [-0.05, 0) is 0 Å². The SMILES string of the molecule is CN1C(=C(C#N)C#N)Nc2c1c(F)c1c(F)c3c(F)c4c(c(F)c3c(F)c1c2F)N(C)C(=C(C#N)C#N)N4. The zero-order valence-electron chi connectivity index (χ0n) is 19.0. The quantitative estimate of drug-likeness (QED) is 0.238. The van der Waals surface area contributed by atoms with Crippen LogP contribution in [0.4, 0.5) is 49.1 Å². The van der Waals surface area contributed by atoms with Crippen LogP contribution in [-0.2, 0) is 0 Å². The Hall–Kier alpha value is -5.60. The van der Waals surface area contributed by atoms with Crippen molar-refractivity contribution in [1.29, 1.82) is 21.0 Å². The molecule has 0 bridgehead atoms. The van der Waals surface area contributed by atoms with Crippen molar-refractivity contribution in [1.82, 2.24) is 0 Å². The Balaban J connectivity index is 1.95. The first-order valence-electron chi connectivity index (χ1n) is 10.3. The maximum Gasteiger partial charge on any atom is 0.170 e. The van der Waals surface area contributed by atoms with Gasteiger partial charge in [0.2, 0.25) is 0 Å². The predicted molar refractivity (Wildman–Crippen MR) is 122 cm³/mol. The van der Waals surface area contributed by atoms with Crippen LogP contribution in [0.1, 0.15) is 0 Å². The van der Waals surface area contributed by atoms with Crippen LogP contribution in [0.5, 0.6) is 0 Å². The summed E-state index contributed by atoms with van der Waals surface area (Å²) in [6, 6.07) is 6.08. The van der Waals surface area contributed by atoms with Gasteiger partial charge in [-0.3, -0.25) is 0 Å². The number of fused-ring (bicyclic) bond motifs is 4. The Kier molecular flexibility index (Phi) is 5.05. The van der Waals surface area contributed by atoms with Gasteiger partial charge in [0.15, 0.2) is 34.4 Å². The summed E-state index contributed by atoms with van der Waals surface area (Å²) in [5, 5.41) is 35.8. The first kappa shape index (κ1) is 24.1. The number of halogens is 6. The monoisotopic (exact) mass is 522 g/mol. The van der Waals surface area contributed by atoms with E-state index in [9.17, 15) is 0 Å². The van der Waals surface area contributed by atoms with Crippen LogP contribution in [0.3, 0.4) is 0 Å². The lowest BCUT2D eigenvalue weighted by Crippen LogP contribution is -2.17. The van der Waals surface area contributed by atoms with E-state index in [1.165, 1.54) is 24.3 Å². The van der Waals surface area contributed by atoms with Crippen molar-refractivity contribution < 1.29 is 26.3 Å². The maximum absolute atomic E-state index is 15.8. The van der Waals surface area contributed by atoms with Gasteiger partial charge in [0.05, 0.1) is 21.5 Å². The van der Waals surface area contributed by atoms with Crippen LogP contribution >= 0.6 is 0 Å². The van der Waals surface area contributed by atoms with Crippen LogP contribution in [0, 0.1) is 80.2 Å². The number of hydrogen-bond donors (Lipinski definition) is 2. The van der Waals surface area contributed by atoms with Crippen molar-refractivity contribution in [3.05, 3.63) is 57.7 Å². The van der Waals surface area contributed by atoms with Gasteiger partial charge >= 0.3 is 0 Å². The normalized spacial score (nSPS) is 13.4. The molecule has 0 fully saturated rings. The molecule has 2 aliphatic rings. The summed E-state index contributed by atoms with van der Waals surface area (Å²) < 4.78 is 94.1. The highest BCUT2D eigenvalue weighted by Gasteiger charge is 2.39. The third-order valence-electron chi connectivity index (χ3n) is 6.33. The van der Waals surface area contributed by atoms with Gasteiger partial charge in [-0.1, -0.05) is 0 Å². The molecule has 8 nitrogen and oxygen atoms in total. The van der Waals surface area contributed by atoms with Crippen molar-refractivity contribution >= 4 is 44.3 Å². The summed E-state index contributed by atoms with van der Waals surface area (Å²) in [7, 11) is 2.24. The van der Waals surface area contributed by atoms with Gasteiger partial charge in [0, 0.05) is 14.1 Å². The molecule has 0 spiro atoms. The molecule has 0 aliphatic carbocycles. The Morgan fingerprint density at radius 3 is 1.11 bits per heavy atom. The summed E-state index contributed by atoms with van der Waals surface area (Å²) in [4.78, 5) is 1.66. The van der Waals surface area contributed by atoms with E-state index in [1.807, 2.05) is 0 Å². The average molecular weight is 522 g/mol. The average Bonchev–Trinajstić information content (AvgIpc) is 3.42. The highest BCUT2D eigenvalue weighted by Crippen LogP contribution is 2.51. The van der Waals surface area contributed by atoms with E-state index in [0.717, 1.165) is 23.9 Å². The highest BCUT2D eigenvalue weighted by atomic mass is 19.2. The van der Waals surface area contributed by atoms with E-state index in [4.69, 9.17) is 21.0 Å². The molecule has 186 valence electrons. The molecule has 0 aromatic heterocycles. The molecule has 0 saturated carbocycles. The third-order valence-corrected chi connectivity index (χ3v) is 6.33. The van der Waals surface area contributed by atoms with E-state index in [2.05, 4.69) is 10.6 Å². The third kappa shape index (κ3) is 2.71.